The van der Waals surface area contributed by atoms with Crippen molar-refractivity contribution in [1.29, 1.82) is 0 Å². The van der Waals surface area contributed by atoms with E-state index in [0.717, 1.165) is 12.8 Å². The molecule has 0 fully saturated rings. The minimum absolute atomic E-state index is 0.0394. The Morgan fingerprint density at radius 2 is 1.80 bits per heavy atom. The molecule has 102 valence electrons. The Morgan fingerprint density at radius 3 is 2.40 bits per heavy atom. The lowest BCUT2D eigenvalue weighted by atomic mass is 10.1. The Hall–Kier alpha value is -2.36. The van der Waals surface area contributed by atoms with Gasteiger partial charge in [-0.15, -0.1) is 0 Å². The Bertz CT molecular complexity index is 644. The van der Waals surface area contributed by atoms with Crippen LogP contribution in [-0.4, -0.2) is 5.91 Å². The summed E-state index contributed by atoms with van der Waals surface area (Å²) in [6, 6.07) is 12.3. The number of halogens is 1. The number of benzene rings is 2. The molecular formula is C16H15FN2O. The Balaban J connectivity index is 1.71. The quantitative estimate of drug-likeness (QED) is 0.824. The maximum atomic E-state index is 13.1. The number of nitrogen functional groups attached to an aromatic ring is 1. The molecule has 0 atom stereocenters. The second-order valence-electron chi connectivity index (χ2n) is 5.10. The number of nitrogens with two attached hydrogens (primary N) is 1. The number of anilines is 2. The molecule has 0 unspecified atom stereocenters. The third-order valence-corrected chi connectivity index (χ3v) is 3.69. The Labute approximate surface area is 116 Å². The van der Waals surface area contributed by atoms with E-state index in [2.05, 4.69) is 17.4 Å². The van der Waals surface area contributed by atoms with Gasteiger partial charge in [-0.3, -0.25) is 4.79 Å². The number of carbonyl (C=O) groups is 1. The number of hydrogen-bond donors (Lipinski definition) is 2. The zero-order chi connectivity index (χ0) is 14.1. The van der Waals surface area contributed by atoms with Crippen molar-refractivity contribution in [3.63, 3.8) is 0 Å². The van der Waals surface area contributed by atoms with Gasteiger partial charge in [-0.05, 0) is 42.2 Å². The highest BCUT2D eigenvalue weighted by molar-refractivity contribution is 5.93. The smallest absolute Gasteiger partial charge is 0.228 e. The molecule has 1 aliphatic carbocycles. The fourth-order valence-electron chi connectivity index (χ4n) is 2.61. The van der Waals surface area contributed by atoms with Crippen molar-refractivity contribution < 1.29 is 9.18 Å². The van der Waals surface area contributed by atoms with E-state index in [0.29, 0.717) is 5.69 Å². The van der Waals surface area contributed by atoms with E-state index in [1.165, 1.54) is 29.3 Å². The summed E-state index contributed by atoms with van der Waals surface area (Å²) in [4.78, 5) is 12.2. The van der Waals surface area contributed by atoms with E-state index < -0.39 is 5.82 Å². The monoisotopic (exact) mass is 270 g/mol. The first-order chi connectivity index (χ1) is 9.63. The fourth-order valence-corrected chi connectivity index (χ4v) is 2.61. The highest BCUT2D eigenvalue weighted by Gasteiger charge is 2.27. The van der Waals surface area contributed by atoms with E-state index in [1.807, 2.05) is 12.1 Å². The molecule has 0 bridgehead atoms. The lowest BCUT2D eigenvalue weighted by Gasteiger charge is -2.11. The number of amides is 1. The minimum atomic E-state index is -0.476. The van der Waals surface area contributed by atoms with Crippen LogP contribution in [0, 0.1) is 11.7 Å². The molecule has 20 heavy (non-hydrogen) atoms. The second-order valence-corrected chi connectivity index (χ2v) is 5.10. The summed E-state index contributed by atoms with van der Waals surface area (Å²) in [6.07, 6.45) is 1.50. The topological polar surface area (TPSA) is 55.1 Å². The van der Waals surface area contributed by atoms with Crippen molar-refractivity contribution >= 4 is 17.3 Å². The van der Waals surface area contributed by atoms with Crippen molar-refractivity contribution in [2.75, 3.05) is 11.1 Å². The van der Waals surface area contributed by atoms with Crippen LogP contribution in [0.3, 0.4) is 0 Å². The van der Waals surface area contributed by atoms with Crippen LogP contribution in [0.1, 0.15) is 11.1 Å². The molecule has 0 aromatic heterocycles. The van der Waals surface area contributed by atoms with Crippen LogP contribution in [0.2, 0.25) is 0 Å². The zero-order valence-corrected chi connectivity index (χ0v) is 10.9. The van der Waals surface area contributed by atoms with Crippen LogP contribution in [0.5, 0.6) is 0 Å². The lowest BCUT2D eigenvalue weighted by Crippen LogP contribution is -2.23. The van der Waals surface area contributed by atoms with Gasteiger partial charge < -0.3 is 11.1 Å². The van der Waals surface area contributed by atoms with Crippen LogP contribution in [0.15, 0.2) is 42.5 Å². The molecule has 0 saturated carbocycles. The van der Waals surface area contributed by atoms with Gasteiger partial charge in [-0.2, -0.15) is 0 Å². The van der Waals surface area contributed by atoms with E-state index in [-0.39, 0.29) is 17.5 Å². The maximum Gasteiger partial charge on any atom is 0.228 e. The van der Waals surface area contributed by atoms with Crippen molar-refractivity contribution in [3.8, 4) is 0 Å². The predicted octanol–water partition coefficient (Wildman–Crippen LogP) is 2.76. The van der Waals surface area contributed by atoms with E-state index in [9.17, 15) is 9.18 Å². The largest absolute Gasteiger partial charge is 0.396 e. The highest BCUT2D eigenvalue weighted by Crippen LogP contribution is 2.27. The third-order valence-electron chi connectivity index (χ3n) is 3.69. The summed E-state index contributed by atoms with van der Waals surface area (Å²) in [5.41, 5.74) is 8.52. The molecule has 1 amide bonds. The van der Waals surface area contributed by atoms with E-state index in [1.54, 1.807) is 0 Å². The molecule has 0 spiro atoms. The van der Waals surface area contributed by atoms with Crippen LogP contribution >= 0.6 is 0 Å². The molecule has 0 aliphatic heterocycles. The van der Waals surface area contributed by atoms with Gasteiger partial charge in [0.2, 0.25) is 5.91 Å². The molecule has 0 heterocycles. The molecule has 4 heteroatoms. The first-order valence-electron chi connectivity index (χ1n) is 6.56. The van der Waals surface area contributed by atoms with Crippen molar-refractivity contribution in [2.24, 2.45) is 5.92 Å². The van der Waals surface area contributed by atoms with Crippen LogP contribution in [0.25, 0.3) is 0 Å². The summed E-state index contributed by atoms with van der Waals surface area (Å²) in [6.45, 7) is 0. The lowest BCUT2D eigenvalue weighted by molar-refractivity contribution is -0.119. The molecular weight excluding hydrogens is 255 g/mol. The molecule has 2 aromatic carbocycles. The molecule has 0 radical (unpaired) electrons. The number of carbonyl (C=O) groups excluding carboxylic acids is 1. The van der Waals surface area contributed by atoms with Crippen LogP contribution in [0.4, 0.5) is 15.8 Å². The summed E-state index contributed by atoms with van der Waals surface area (Å²) < 4.78 is 13.1. The van der Waals surface area contributed by atoms with Crippen molar-refractivity contribution in [1.82, 2.24) is 0 Å². The third kappa shape index (κ3) is 2.37. The first-order valence-corrected chi connectivity index (χ1v) is 6.56. The SMILES string of the molecule is Nc1cc(NC(=O)C2Cc3ccccc3C2)ccc1F. The molecule has 3 N–H and O–H groups in total. The summed E-state index contributed by atoms with van der Waals surface area (Å²) in [5, 5.41) is 2.80. The average Bonchev–Trinajstić information content (AvgIpc) is 2.87. The van der Waals surface area contributed by atoms with Crippen LogP contribution < -0.4 is 11.1 Å². The normalized spacial score (nSPS) is 14.1. The van der Waals surface area contributed by atoms with E-state index in [4.69, 9.17) is 5.73 Å². The second kappa shape index (κ2) is 4.96. The van der Waals surface area contributed by atoms with Gasteiger partial charge in [0.1, 0.15) is 5.82 Å². The van der Waals surface area contributed by atoms with Gasteiger partial charge in [0.05, 0.1) is 5.69 Å². The molecule has 0 saturated heterocycles. The molecule has 1 aliphatic rings. The average molecular weight is 270 g/mol. The number of nitrogens with one attached hydrogen (secondary N) is 1. The number of fused-ring (bicyclic) bond motifs is 1. The Kier molecular flexibility index (Phi) is 3.14. The van der Waals surface area contributed by atoms with Crippen molar-refractivity contribution in [2.45, 2.75) is 12.8 Å². The van der Waals surface area contributed by atoms with Gasteiger partial charge in [-0.25, -0.2) is 4.39 Å². The highest BCUT2D eigenvalue weighted by atomic mass is 19.1. The molecule has 3 rings (SSSR count). The summed E-state index contributed by atoms with van der Waals surface area (Å²) in [5.74, 6) is -0.595. The maximum absolute atomic E-state index is 13.1. The zero-order valence-electron chi connectivity index (χ0n) is 10.9. The van der Waals surface area contributed by atoms with Gasteiger partial charge in [0.15, 0.2) is 0 Å². The number of hydrogen-bond acceptors (Lipinski definition) is 2. The standard InChI is InChI=1S/C16H15FN2O/c17-14-6-5-13(9-15(14)18)19-16(20)12-7-10-3-1-2-4-11(10)8-12/h1-6,9,12H,7-8,18H2,(H,19,20). The van der Waals surface area contributed by atoms with E-state index >= 15 is 0 Å². The predicted molar refractivity (Wildman–Crippen MR) is 76.8 cm³/mol. The molecule has 3 nitrogen and oxygen atoms in total. The van der Waals surface area contributed by atoms with Crippen molar-refractivity contribution in [3.05, 3.63) is 59.4 Å². The Morgan fingerprint density at radius 1 is 1.15 bits per heavy atom. The minimum Gasteiger partial charge on any atom is -0.396 e. The molecule has 2 aromatic rings. The van der Waals surface area contributed by atoms with Gasteiger partial charge >= 0.3 is 0 Å². The first kappa shape index (κ1) is 12.7. The van der Waals surface area contributed by atoms with Gasteiger partial charge in [0.25, 0.3) is 0 Å². The van der Waals surface area contributed by atoms with Gasteiger partial charge in [0, 0.05) is 11.6 Å². The summed E-state index contributed by atoms with van der Waals surface area (Å²) >= 11 is 0. The summed E-state index contributed by atoms with van der Waals surface area (Å²) in [7, 11) is 0. The number of rotatable bonds is 2. The fraction of sp³-hybridized carbons (Fsp3) is 0.188. The van der Waals surface area contributed by atoms with Crippen LogP contribution in [-0.2, 0) is 17.6 Å². The van der Waals surface area contributed by atoms with Gasteiger partial charge in [-0.1, -0.05) is 24.3 Å².